The minimum atomic E-state index is -0.641. The largest absolute Gasteiger partial charge is 0.464 e. The summed E-state index contributed by atoms with van der Waals surface area (Å²) >= 11 is 0. The Bertz CT molecular complexity index is 473. The van der Waals surface area contributed by atoms with Crippen LogP contribution in [0.15, 0.2) is 11.3 Å². The summed E-state index contributed by atoms with van der Waals surface area (Å²) in [4.78, 5) is 38.1. The molecule has 0 aromatic carbocycles. The average molecular weight is 314 g/mol. The summed E-state index contributed by atoms with van der Waals surface area (Å²) in [5.74, 6) is -1.02. The van der Waals surface area contributed by atoms with E-state index in [0.717, 1.165) is 4.90 Å². The predicted molar refractivity (Wildman–Crippen MR) is 82.0 cm³/mol. The monoisotopic (exact) mass is 314 g/mol. The Morgan fingerprint density at radius 3 is 1.91 bits per heavy atom. The molecule has 0 aromatic rings. The molecule has 0 radical (unpaired) electrons. The van der Waals surface area contributed by atoms with Gasteiger partial charge in [0, 0.05) is 14.1 Å². The lowest BCUT2D eigenvalue weighted by Gasteiger charge is -2.26. The van der Waals surface area contributed by atoms with Gasteiger partial charge in [-0.05, 0) is 40.2 Å². The summed E-state index contributed by atoms with van der Waals surface area (Å²) in [5, 5.41) is 0. The van der Waals surface area contributed by atoms with Gasteiger partial charge in [-0.1, -0.05) is 0 Å². The van der Waals surface area contributed by atoms with Crippen molar-refractivity contribution in [2.75, 3.05) is 27.7 Å². The quantitative estimate of drug-likeness (QED) is 0.584. The SMILES string of the molecule is COC(=O)C(=C(C)C)N(C)C(=O)CN(C)C(=O)OC(C)(C)C. The fourth-order valence-electron chi connectivity index (χ4n) is 1.61. The van der Waals surface area contributed by atoms with Crippen LogP contribution in [0, 0.1) is 0 Å². The first-order valence-corrected chi connectivity index (χ1v) is 6.87. The maximum absolute atomic E-state index is 12.2. The maximum Gasteiger partial charge on any atom is 0.410 e. The van der Waals surface area contributed by atoms with Crippen LogP contribution in [0.3, 0.4) is 0 Å². The number of likely N-dealkylation sites (N-methyl/N-ethyl adjacent to an activating group) is 2. The van der Waals surface area contributed by atoms with Crippen molar-refractivity contribution in [3.05, 3.63) is 11.3 Å². The molecule has 0 heterocycles. The molecule has 0 saturated carbocycles. The Labute approximate surface area is 131 Å². The third-order valence-corrected chi connectivity index (χ3v) is 2.64. The summed E-state index contributed by atoms with van der Waals surface area (Å²) in [6.07, 6.45) is -0.605. The molecule has 0 aliphatic carbocycles. The van der Waals surface area contributed by atoms with Gasteiger partial charge >= 0.3 is 12.1 Å². The molecule has 0 fully saturated rings. The van der Waals surface area contributed by atoms with E-state index in [2.05, 4.69) is 4.74 Å². The second kappa shape index (κ2) is 7.82. The molecule has 22 heavy (non-hydrogen) atoms. The molecular weight excluding hydrogens is 288 g/mol. The molecule has 2 amide bonds. The number of rotatable bonds is 4. The molecule has 7 heteroatoms. The number of esters is 1. The van der Waals surface area contributed by atoms with E-state index in [1.165, 1.54) is 26.1 Å². The molecule has 0 N–H and O–H groups in total. The van der Waals surface area contributed by atoms with Crippen LogP contribution in [0.1, 0.15) is 34.6 Å². The molecular formula is C15H26N2O5. The highest BCUT2D eigenvalue weighted by molar-refractivity contribution is 5.95. The Morgan fingerprint density at radius 1 is 1.05 bits per heavy atom. The molecule has 0 bridgehead atoms. The maximum atomic E-state index is 12.2. The zero-order valence-corrected chi connectivity index (χ0v) is 14.6. The van der Waals surface area contributed by atoms with E-state index in [4.69, 9.17) is 4.74 Å². The van der Waals surface area contributed by atoms with Crippen molar-refractivity contribution in [1.29, 1.82) is 0 Å². The van der Waals surface area contributed by atoms with Gasteiger partial charge in [0.25, 0.3) is 0 Å². The molecule has 0 atom stereocenters. The van der Waals surface area contributed by atoms with Crippen LogP contribution in [-0.4, -0.2) is 61.1 Å². The number of carbonyl (C=O) groups is 3. The number of methoxy groups -OCH3 is 1. The van der Waals surface area contributed by atoms with Gasteiger partial charge in [-0.2, -0.15) is 0 Å². The zero-order chi connectivity index (χ0) is 17.7. The van der Waals surface area contributed by atoms with Crippen LogP contribution in [0.2, 0.25) is 0 Å². The normalized spacial score (nSPS) is 10.5. The standard InChI is InChI=1S/C15H26N2O5/c1-10(2)12(13(19)21-8)17(7)11(18)9-16(6)14(20)22-15(3,4)5/h9H2,1-8H3. The lowest BCUT2D eigenvalue weighted by molar-refractivity contribution is -0.141. The first-order chi connectivity index (χ1) is 9.90. The number of nitrogens with zero attached hydrogens (tertiary/aromatic N) is 2. The van der Waals surface area contributed by atoms with Gasteiger partial charge in [0.1, 0.15) is 17.8 Å². The molecule has 0 aliphatic heterocycles. The smallest absolute Gasteiger partial charge is 0.410 e. The third-order valence-electron chi connectivity index (χ3n) is 2.64. The summed E-state index contributed by atoms with van der Waals surface area (Å²) < 4.78 is 9.84. The van der Waals surface area contributed by atoms with Crippen molar-refractivity contribution in [2.24, 2.45) is 0 Å². The van der Waals surface area contributed by atoms with E-state index in [1.807, 2.05) is 0 Å². The summed E-state index contributed by atoms with van der Waals surface area (Å²) in [6, 6.07) is 0. The first-order valence-electron chi connectivity index (χ1n) is 6.87. The number of allylic oxidation sites excluding steroid dienone is 1. The summed E-state index contributed by atoms with van der Waals surface area (Å²) in [6.45, 7) is 8.42. The third kappa shape index (κ3) is 6.15. The van der Waals surface area contributed by atoms with Crippen LogP contribution in [0.5, 0.6) is 0 Å². The van der Waals surface area contributed by atoms with Gasteiger partial charge in [-0.15, -0.1) is 0 Å². The van der Waals surface area contributed by atoms with Crippen molar-refractivity contribution in [2.45, 2.75) is 40.2 Å². The Balaban J connectivity index is 4.95. The van der Waals surface area contributed by atoms with E-state index in [0.29, 0.717) is 5.57 Å². The van der Waals surface area contributed by atoms with Crippen molar-refractivity contribution < 1.29 is 23.9 Å². The Kier molecular flexibility index (Phi) is 7.09. The number of hydrogen-bond donors (Lipinski definition) is 0. The predicted octanol–water partition coefficient (Wildman–Crippen LogP) is 1.78. The van der Waals surface area contributed by atoms with Gasteiger partial charge < -0.3 is 19.3 Å². The molecule has 0 unspecified atom stereocenters. The molecule has 0 aromatic heterocycles. The molecule has 0 aliphatic rings. The average Bonchev–Trinajstić information content (AvgIpc) is 2.35. The highest BCUT2D eigenvalue weighted by atomic mass is 16.6. The topological polar surface area (TPSA) is 76.2 Å². The van der Waals surface area contributed by atoms with Crippen LogP contribution >= 0.6 is 0 Å². The second-order valence-electron chi connectivity index (χ2n) is 6.13. The first kappa shape index (κ1) is 19.9. The van der Waals surface area contributed by atoms with Gasteiger partial charge in [0.05, 0.1) is 7.11 Å². The molecule has 0 spiro atoms. The summed E-state index contributed by atoms with van der Waals surface area (Å²) in [5.41, 5.74) is 0.157. The van der Waals surface area contributed by atoms with Crippen molar-refractivity contribution >= 4 is 18.0 Å². The number of ether oxygens (including phenoxy) is 2. The van der Waals surface area contributed by atoms with Crippen molar-refractivity contribution in [1.82, 2.24) is 9.80 Å². The molecule has 0 rings (SSSR count). The van der Waals surface area contributed by atoms with Crippen LogP contribution in [0.25, 0.3) is 0 Å². The fraction of sp³-hybridized carbons (Fsp3) is 0.667. The van der Waals surface area contributed by atoms with Crippen molar-refractivity contribution in [3.8, 4) is 0 Å². The molecule has 0 saturated heterocycles. The number of hydrogen-bond acceptors (Lipinski definition) is 5. The highest BCUT2D eigenvalue weighted by Crippen LogP contribution is 2.12. The lowest BCUT2D eigenvalue weighted by Crippen LogP contribution is -2.42. The number of amides is 2. The van der Waals surface area contributed by atoms with E-state index >= 15 is 0 Å². The fourth-order valence-corrected chi connectivity index (χ4v) is 1.61. The Hall–Kier alpha value is -2.05. The Morgan fingerprint density at radius 2 is 1.55 bits per heavy atom. The summed E-state index contributed by atoms with van der Waals surface area (Å²) in [7, 11) is 4.17. The second-order valence-corrected chi connectivity index (χ2v) is 6.13. The van der Waals surface area contributed by atoms with Gasteiger partial charge in [0.2, 0.25) is 5.91 Å². The van der Waals surface area contributed by atoms with E-state index < -0.39 is 23.6 Å². The van der Waals surface area contributed by atoms with Gasteiger partial charge in [0.15, 0.2) is 0 Å². The number of carbonyl (C=O) groups excluding carboxylic acids is 3. The van der Waals surface area contributed by atoms with E-state index in [-0.39, 0.29) is 12.2 Å². The van der Waals surface area contributed by atoms with Gasteiger partial charge in [-0.3, -0.25) is 4.79 Å². The minimum Gasteiger partial charge on any atom is -0.464 e. The van der Waals surface area contributed by atoms with Crippen LogP contribution in [-0.2, 0) is 19.1 Å². The molecule has 126 valence electrons. The van der Waals surface area contributed by atoms with Crippen LogP contribution < -0.4 is 0 Å². The van der Waals surface area contributed by atoms with E-state index in [9.17, 15) is 14.4 Å². The highest BCUT2D eigenvalue weighted by Gasteiger charge is 2.26. The van der Waals surface area contributed by atoms with Crippen molar-refractivity contribution in [3.63, 3.8) is 0 Å². The zero-order valence-electron chi connectivity index (χ0n) is 14.6. The van der Waals surface area contributed by atoms with Crippen LogP contribution in [0.4, 0.5) is 4.79 Å². The van der Waals surface area contributed by atoms with Gasteiger partial charge in [-0.25, -0.2) is 9.59 Å². The van der Waals surface area contributed by atoms with E-state index in [1.54, 1.807) is 34.6 Å². The minimum absolute atomic E-state index is 0.157. The molecule has 7 nitrogen and oxygen atoms in total. The lowest BCUT2D eigenvalue weighted by atomic mass is 10.2.